The molecule has 0 aliphatic heterocycles. The summed E-state index contributed by atoms with van der Waals surface area (Å²) in [5, 5.41) is 4.63. The van der Waals surface area contributed by atoms with Gasteiger partial charge in [0.1, 0.15) is 0 Å². The molecule has 0 bridgehead atoms. The van der Waals surface area contributed by atoms with Gasteiger partial charge in [0.05, 0.1) is 27.8 Å². The molecule has 13 aromatic rings. The molecule has 13 rings (SSSR count). The average Bonchev–Trinajstić information content (AvgIpc) is 3.92. The van der Waals surface area contributed by atoms with E-state index in [1.165, 1.54) is 27.5 Å². The van der Waals surface area contributed by atoms with Crippen LogP contribution in [-0.2, 0) is 0 Å². The molecule has 0 aliphatic rings. The Hall–Kier alpha value is -9.19. The fourth-order valence-electron chi connectivity index (χ4n) is 9.95. The zero-order valence-corrected chi connectivity index (χ0v) is 36.9. The summed E-state index contributed by atoms with van der Waals surface area (Å²) in [5.41, 5.74) is 16.3. The van der Waals surface area contributed by atoms with E-state index in [1.54, 1.807) is 0 Å². The first-order chi connectivity index (χ1) is 33.7. The summed E-state index contributed by atoms with van der Waals surface area (Å²) in [6.07, 6.45) is 0. The van der Waals surface area contributed by atoms with Crippen LogP contribution in [0, 0.1) is 0 Å². The van der Waals surface area contributed by atoms with Gasteiger partial charge in [-0.1, -0.05) is 206 Å². The number of hydrogen-bond donors (Lipinski definition) is 0. The maximum atomic E-state index is 5.43. The normalized spacial score (nSPS) is 11.5. The SMILES string of the molecule is c1ccc(-c2ccc(-c3cccc(-c4nc(-c5cccc(-c6ccccc6)c5)nc(-n5c6ccccc6c6cc7c8ccccc8n(-c8ccccc8-c8ccccc8)c7cc65)n4)c3)cc2)cc1. The number of fused-ring (bicyclic) bond motifs is 6. The second-order valence-electron chi connectivity index (χ2n) is 17.2. The van der Waals surface area contributed by atoms with Crippen molar-refractivity contribution in [2.24, 2.45) is 0 Å². The van der Waals surface area contributed by atoms with E-state index in [0.29, 0.717) is 17.6 Å². The van der Waals surface area contributed by atoms with Gasteiger partial charge in [-0.2, -0.15) is 9.97 Å². The molecule has 0 saturated carbocycles. The van der Waals surface area contributed by atoms with Gasteiger partial charge in [0.2, 0.25) is 5.95 Å². The Morgan fingerprint density at radius 1 is 0.235 bits per heavy atom. The molecule has 318 valence electrons. The molecule has 10 aromatic carbocycles. The lowest BCUT2D eigenvalue weighted by molar-refractivity contribution is 0.953. The van der Waals surface area contributed by atoms with Crippen LogP contribution < -0.4 is 0 Å². The maximum Gasteiger partial charge on any atom is 0.238 e. The lowest BCUT2D eigenvalue weighted by atomic mass is 9.99. The zero-order chi connectivity index (χ0) is 45.0. The van der Waals surface area contributed by atoms with E-state index >= 15 is 0 Å². The average molecular weight is 868 g/mol. The Bertz CT molecular complexity index is 4000. The van der Waals surface area contributed by atoms with Gasteiger partial charge in [-0.15, -0.1) is 0 Å². The van der Waals surface area contributed by atoms with Gasteiger partial charge in [0.15, 0.2) is 11.6 Å². The molecule has 0 fully saturated rings. The third-order valence-corrected chi connectivity index (χ3v) is 13.2. The quantitative estimate of drug-likeness (QED) is 0.153. The van der Waals surface area contributed by atoms with E-state index in [4.69, 9.17) is 15.0 Å². The van der Waals surface area contributed by atoms with Gasteiger partial charge in [-0.05, 0) is 81.4 Å². The van der Waals surface area contributed by atoms with Gasteiger partial charge in [-0.3, -0.25) is 4.57 Å². The molecule has 0 spiro atoms. The highest BCUT2D eigenvalue weighted by Crippen LogP contribution is 2.41. The predicted octanol–water partition coefficient (Wildman–Crippen LogP) is 16.1. The Balaban J connectivity index is 1.04. The van der Waals surface area contributed by atoms with Crippen molar-refractivity contribution in [1.82, 2.24) is 24.1 Å². The monoisotopic (exact) mass is 867 g/mol. The molecule has 0 radical (unpaired) electrons. The zero-order valence-electron chi connectivity index (χ0n) is 36.9. The Morgan fingerprint density at radius 2 is 0.647 bits per heavy atom. The number of nitrogens with zero attached hydrogens (tertiary/aromatic N) is 5. The largest absolute Gasteiger partial charge is 0.309 e. The molecular formula is C63H41N5. The molecule has 3 aromatic heterocycles. The van der Waals surface area contributed by atoms with Crippen LogP contribution in [-0.4, -0.2) is 24.1 Å². The van der Waals surface area contributed by atoms with Crippen molar-refractivity contribution in [3.05, 3.63) is 249 Å². The van der Waals surface area contributed by atoms with Crippen LogP contribution in [0.3, 0.4) is 0 Å². The molecule has 3 heterocycles. The number of hydrogen-bond acceptors (Lipinski definition) is 3. The summed E-state index contributed by atoms with van der Waals surface area (Å²) < 4.78 is 4.66. The third-order valence-electron chi connectivity index (χ3n) is 13.2. The summed E-state index contributed by atoms with van der Waals surface area (Å²) in [6, 6.07) is 88.2. The van der Waals surface area contributed by atoms with Crippen molar-refractivity contribution in [2.75, 3.05) is 0 Å². The maximum absolute atomic E-state index is 5.43. The summed E-state index contributed by atoms with van der Waals surface area (Å²) in [4.78, 5) is 16.1. The molecule has 0 aliphatic carbocycles. The topological polar surface area (TPSA) is 48.5 Å². The molecular weight excluding hydrogens is 827 g/mol. The minimum Gasteiger partial charge on any atom is -0.309 e. The minimum atomic E-state index is 0.547. The standard InChI is InChI=1S/C63H41N5/c1-4-18-42(19-5-1)44-34-36-45(37-35-44)48-25-17-27-50(39-48)62-64-61(49-26-16-24-47(38-49)43-20-6-2-7-21-43)65-63(66-62)68-58-33-15-12-30-53(58)55-40-54-52-29-11-14-32-57(52)67(59(54)41-60(55)68)56-31-13-10-28-51(56)46-22-8-3-9-23-46/h1-41H. The molecule has 0 unspecified atom stereocenters. The van der Waals surface area contributed by atoms with Gasteiger partial charge in [-0.25, -0.2) is 4.98 Å². The molecule has 5 nitrogen and oxygen atoms in total. The van der Waals surface area contributed by atoms with Gasteiger partial charge >= 0.3 is 0 Å². The van der Waals surface area contributed by atoms with E-state index in [1.807, 2.05) is 6.07 Å². The summed E-state index contributed by atoms with van der Waals surface area (Å²) >= 11 is 0. The summed E-state index contributed by atoms with van der Waals surface area (Å²) in [7, 11) is 0. The second kappa shape index (κ2) is 16.4. The van der Waals surface area contributed by atoms with Crippen molar-refractivity contribution in [1.29, 1.82) is 0 Å². The first-order valence-electron chi connectivity index (χ1n) is 23.0. The van der Waals surface area contributed by atoms with Crippen LogP contribution in [0.25, 0.3) is 123 Å². The highest BCUT2D eigenvalue weighted by molar-refractivity contribution is 6.19. The lowest BCUT2D eigenvalue weighted by Gasteiger charge is -2.14. The number of aromatic nitrogens is 5. The molecule has 5 heteroatoms. The fraction of sp³-hybridized carbons (Fsp3) is 0. The lowest BCUT2D eigenvalue weighted by Crippen LogP contribution is -2.06. The molecule has 0 N–H and O–H groups in total. The van der Waals surface area contributed by atoms with Crippen LogP contribution >= 0.6 is 0 Å². The van der Waals surface area contributed by atoms with Gasteiger partial charge in [0, 0.05) is 38.2 Å². The molecule has 0 saturated heterocycles. The number of para-hydroxylation sites is 3. The van der Waals surface area contributed by atoms with E-state index in [9.17, 15) is 0 Å². The van der Waals surface area contributed by atoms with Crippen molar-refractivity contribution in [3.63, 3.8) is 0 Å². The number of rotatable bonds is 8. The Labute approximate surface area is 393 Å². The first kappa shape index (κ1) is 39.2. The smallest absolute Gasteiger partial charge is 0.238 e. The third kappa shape index (κ3) is 6.76. The molecule has 68 heavy (non-hydrogen) atoms. The van der Waals surface area contributed by atoms with Crippen molar-refractivity contribution in [3.8, 4) is 78.9 Å². The minimum absolute atomic E-state index is 0.547. The fourth-order valence-corrected chi connectivity index (χ4v) is 9.95. The van der Waals surface area contributed by atoms with Crippen LogP contribution in [0.5, 0.6) is 0 Å². The Kier molecular flexibility index (Phi) is 9.43. The molecule has 0 amide bonds. The first-order valence-corrected chi connectivity index (χ1v) is 23.0. The van der Waals surface area contributed by atoms with Gasteiger partial charge < -0.3 is 4.57 Å². The van der Waals surface area contributed by atoms with Crippen LogP contribution in [0.15, 0.2) is 249 Å². The van der Waals surface area contributed by atoms with E-state index < -0.39 is 0 Å². The van der Waals surface area contributed by atoms with Crippen molar-refractivity contribution in [2.45, 2.75) is 0 Å². The van der Waals surface area contributed by atoms with E-state index in [0.717, 1.165) is 77.5 Å². The summed E-state index contributed by atoms with van der Waals surface area (Å²) in [5.74, 6) is 1.74. The van der Waals surface area contributed by atoms with Crippen LogP contribution in [0.4, 0.5) is 0 Å². The number of benzene rings is 10. The predicted molar refractivity (Wildman–Crippen MR) is 281 cm³/mol. The highest BCUT2D eigenvalue weighted by atomic mass is 15.2. The highest BCUT2D eigenvalue weighted by Gasteiger charge is 2.22. The molecule has 0 atom stereocenters. The van der Waals surface area contributed by atoms with Crippen molar-refractivity contribution < 1.29 is 0 Å². The van der Waals surface area contributed by atoms with E-state index in [-0.39, 0.29) is 0 Å². The van der Waals surface area contributed by atoms with E-state index in [2.05, 4.69) is 252 Å². The second-order valence-corrected chi connectivity index (χ2v) is 17.2. The summed E-state index contributed by atoms with van der Waals surface area (Å²) in [6.45, 7) is 0. The Morgan fingerprint density at radius 3 is 1.24 bits per heavy atom. The van der Waals surface area contributed by atoms with Crippen molar-refractivity contribution >= 4 is 43.6 Å². The van der Waals surface area contributed by atoms with Crippen LogP contribution in [0.2, 0.25) is 0 Å². The van der Waals surface area contributed by atoms with Crippen LogP contribution in [0.1, 0.15) is 0 Å². The van der Waals surface area contributed by atoms with Gasteiger partial charge in [0.25, 0.3) is 0 Å².